The number of hydrogen-bond acceptors (Lipinski definition) is 6. The first-order chi connectivity index (χ1) is 12.7. The molecular formula is C19H19NO6. The van der Waals surface area contributed by atoms with E-state index in [0.717, 1.165) is 0 Å². The number of rotatable bonds is 6. The second-order valence-corrected chi connectivity index (χ2v) is 5.56. The van der Waals surface area contributed by atoms with Crippen LogP contribution in [0.4, 0.5) is 5.69 Å². The number of ether oxygens (including phenoxy) is 4. The molecule has 0 unspecified atom stereocenters. The van der Waals surface area contributed by atoms with E-state index in [0.29, 0.717) is 29.4 Å². The molecule has 1 amide bonds. The van der Waals surface area contributed by atoms with E-state index in [4.69, 9.17) is 18.9 Å². The van der Waals surface area contributed by atoms with Crippen molar-refractivity contribution in [1.29, 1.82) is 0 Å². The Morgan fingerprint density at radius 2 is 1.81 bits per heavy atom. The Hall–Kier alpha value is -3.06. The maximum Gasteiger partial charge on any atom is 0.338 e. The molecule has 0 radical (unpaired) electrons. The first-order valence-electron chi connectivity index (χ1n) is 8.13. The molecule has 0 aromatic heterocycles. The highest BCUT2D eigenvalue weighted by Crippen LogP contribution is 2.31. The van der Waals surface area contributed by atoms with E-state index in [-0.39, 0.29) is 19.1 Å². The third-order valence-electron chi connectivity index (χ3n) is 3.71. The summed E-state index contributed by atoms with van der Waals surface area (Å²) in [4.78, 5) is 24.2. The molecule has 1 aliphatic heterocycles. The quantitative estimate of drug-likeness (QED) is 0.631. The number of hydrogen-bond donors (Lipinski definition) is 1. The average molecular weight is 357 g/mol. The van der Waals surface area contributed by atoms with E-state index in [9.17, 15) is 9.59 Å². The minimum absolute atomic E-state index is 0.132. The lowest BCUT2D eigenvalue weighted by molar-refractivity contribution is -0.125. The van der Waals surface area contributed by atoms with Gasteiger partial charge in [-0.3, -0.25) is 4.79 Å². The van der Waals surface area contributed by atoms with E-state index in [1.165, 1.54) is 7.11 Å². The summed E-state index contributed by atoms with van der Waals surface area (Å²) >= 11 is 0. The molecule has 0 saturated carbocycles. The van der Waals surface area contributed by atoms with E-state index >= 15 is 0 Å². The highest BCUT2D eigenvalue weighted by molar-refractivity contribution is 5.95. The van der Waals surface area contributed by atoms with Crippen molar-refractivity contribution in [3.8, 4) is 11.5 Å². The van der Waals surface area contributed by atoms with Crippen molar-refractivity contribution in [2.24, 2.45) is 0 Å². The van der Waals surface area contributed by atoms with Crippen molar-refractivity contribution in [2.45, 2.75) is 6.10 Å². The van der Waals surface area contributed by atoms with E-state index in [1.54, 1.807) is 36.4 Å². The van der Waals surface area contributed by atoms with Crippen LogP contribution in [0.3, 0.4) is 0 Å². The van der Waals surface area contributed by atoms with Crippen LogP contribution in [-0.2, 0) is 14.3 Å². The smallest absolute Gasteiger partial charge is 0.338 e. The predicted octanol–water partition coefficient (Wildman–Crippen LogP) is 2.27. The summed E-state index contributed by atoms with van der Waals surface area (Å²) < 4.78 is 21.0. The summed E-state index contributed by atoms with van der Waals surface area (Å²) in [6, 6.07) is 13.6. The molecule has 2 aromatic rings. The SMILES string of the molecule is COCCOC(=O)c1ccc(NC(=O)[C@H]2COc3ccccc3O2)cc1. The second kappa shape index (κ2) is 8.35. The largest absolute Gasteiger partial charge is 0.485 e. The van der Waals surface area contributed by atoms with Gasteiger partial charge < -0.3 is 24.3 Å². The number of nitrogens with one attached hydrogen (secondary N) is 1. The van der Waals surface area contributed by atoms with E-state index < -0.39 is 12.1 Å². The molecule has 1 heterocycles. The molecule has 7 heteroatoms. The third-order valence-corrected chi connectivity index (χ3v) is 3.71. The monoisotopic (exact) mass is 357 g/mol. The minimum atomic E-state index is -0.747. The van der Waals surface area contributed by atoms with Crippen LogP contribution >= 0.6 is 0 Å². The molecule has 3 rings (SSSR count). The normalized spacial score (nSPS) is 15.2. The molecule has 0 spiro atoms. The van der Waals surface area contributed by atoms with Crippen LogP contribution in [0, 0.1) is 0 Å². The molecule has 1 aliphatic rings. The summed E-state index contributed by atoms with van der Waals surface area (Å²) in [6.07, 6.45) is -0.747. The maximum absolute atomic E-state index is 12.3. The summed E-state index contributed by atoms with van der Waals surface area (Å²) in [5, 5.41) is 2.74. The zero-order valence-electron chi connectivity index (χ0n) is 14.3. The number of para-hydroxylation sites is 2. The molecule has 1 atom stereocenters. The van der Waals surface area contributed by atoms with E-state index in [1.807, 2.05) is 12.1 Å². The first kappa shape index (κ1) is 17.8. The summed E-state index contributed by atoms with van der Waals surface area (Å²) in [7, 11) is 1.53. The fourth-order valence-corrected chi connectivity index (χ4v) is 2.36. The molecule has 0 saturated heterocycles. The maximum atomic E-state index is 12.3. The fourth-order valence-electron chi connectivity index (χ4n) is 2.36. The van der Waals surface area contributed by atoms with Gasteiger partial charge in [0.15, 0.2) is 11.5 Å². The molecule has 7 nitrogen and oxygen atoms in total. The van der Waals surface area contributed by atoms with Crippen LogP contribution in [0.25, 0.3) is 0 Å². The van der Waals surface area contributed by atoms with Crippen LogP contribution < -0.4 is 14.8 Å². The van der Waals surface area contributed by atoms with Crippen molar-refractivity contribution < 1.29 is 28.5 Å². The molecule has 1 N–H and O–H groups in total. The molecule has 0 bridgehead atoms. The minimum Gasteiger partial charge on any atom is -0.485 e. The number of carbonyl (C=O) groups is 2. The summed E-state index contributed by atoms with van der Waals surface area (Å²) in [5.74, 6) is 0.386. The highest BCUT2D eigenvalue weighted by atomic mass is 16.6. The standard InChI is InChI=1S/C19H19NO6/c1-23-10-11-24-19(22)13-6-8-14(9-7-13)20-18(21)17-12-25-15-4-2-3-5-16(15)26-17/h2-9,17H,10-12H2,1H3,(H,20,21)/t17-/m1/s1. The highest BCUT2D eigenvalue weighted by Gasteiger charge is 2.27. The first-order valence-corrected chi connectivity index (χ1v) is 8.13. The van der Waals surface area contributed by atoms with Gasteiger partial charge in [-0.15, -0.1) is 0 Å². The third kappa shape index (κ3) is 4.31. The number of benzene rings is 2. The molecular weight excluding hydrogens is 338 g/mol. The Labute approximate surface area is 150 Å². The number of carbonyl (C=O) groups excluding carboxylic acids is 2. The van der Waals surface area contributed by atoms with Crippen LogP contribution in [-0.4, -0.2) is 44.9 Å². The summed E-state index contributed by atoms with van der Waals surface area (Å²) in [5.41, 5.74) is 0.941. The van der Waals surface area contributed by atoms with Crippen LogP contribution in [0.1, 0.15) is 10.4 Å². The lowest BCUT2D eigenvalue weighted by atomic mass is 10.2. The van der Waals surface area contributed by atoms with Gasteiger partial charge in [-0.25, -0.2) is 4.79 Å². The lowest BCUT2D eigenvalue weighted by Crippen LogP contribution is -2.40. The fraction of sp³-hybridized carbons (Fsp3) is 0.263. The van der Waals surface area contributed by atoms with Gasteiger partial charge in [-0.2, -0.15) is 0 Å². The summed E-state index contributed by atoms with van der Waals surface area (Å²) in [6.45, 7) is 0.660. The zero-order chi connectivity index (χ0) is 18.4. The number of esters is 1. The van der Waals surface area contributed by atoms with Crippen molar-refractivity contribution in [2.75, 3.05) is 32.2 Å². The van der Waals surface area contributed by atoms with E-state index in [2.05, 4.69) is 5.32 Å². The van der Waals surface area contributed by atoms with Crippen molar-refractivity contribution >= 4 is 17.6 Å². The van der Waals surface area contributed by atoms with Gasteiger partial charge >= 0.3 is 5.97 Å². The van der Waals surface area contributed by atoms with Crippen LogP contribution in [0.5, 0.6) is 11.5 Å². The van der Waals surface area contributed by atoms with Gasteiger partial charge in [0.2, 0.25) is 6.10 Å². The van der Waals surface area contributed by atoms with Gasteiger partial charge in [0.25, 0.3) is 5.91 Å². The number of anilines is 1. The van der Waals surface area contributed by atoms with Crippen molar-refractivity contribution in [3.05, 3.63) is 54.1 Å². The lowest BCUT2D eigenvalue weighted by Gasteiger charge is -2.25. The Morgan fingerprint density at radius 3 is 2.54 bits per heavy atom. The molecule has 0 aliphatic carbocycles. The topological polar surface area (TPSA) is 83.1 Å². The molecule has 26 heavy (non-hydrogen) atoms. The number of amides is 1. The molecule has 2 aromatic carbocycles. The molecule has 136 valence electrons. The van der Waals surface area contributed by atoms with Crippen LogP contribution in [0.2, 0.25) is 0 Å². The zero-order valence-corrected chi connectivity index (χ0v) is 14.3. The Kier molecular flexibility index (Phi) is 5.70. The second-order valence-electron chi connectivity index (χ2n) is 5.56. The van der Waals surface area contributed by atoms with Gasteiger partial charge in [0.1, 0.15) is 13.2 Å². The van der Waals surface area contributed by atoms with Crippen LogP contribution in [0.15, 0.2) is 48.5 Å². The van der Waals surface area contributed by atoms with Crippen molar-refractivity contribution in [3.63, 3.8) is 0 Å². The number of methoxy groups -OCH3 is 1. The van der Waals surface area contributed by atoms with Gasteiger partial charge in [0, 0.05) is 12.8 Å². The van der Waals surface area contributed by atoms with Gasteiger partial charge in [-0.05, 0) is 36.4 Å². The van der Waals surface area contributed by atoms with Crippen molar-refractivity contribution in [1.82, 2.24) is 0 Å². The van der Waals surface area contributed by atoms with Gasteiger partial charge in [-0.1, -0.05) is 12.1 Å². The Bertz CT molecular complexity index is 774. The molecule has 0 fully saturated rings. The Balaban J connectivity index is 1.56. The average Bonchev–Trinajstić information content (AvgIpc) is 2.68. The number of fused-ring (bicyclic) bond motifs is 1. The Morgan fingerprint density at radius 1 is 1.08 bits per heavy atom. The van der Waals surface area contributed by atoms with Gasteiger partial charge in [0.05, 0.1) is 12.2 Å². The predicted molar refractivity (Wildman–Crippen MR) is 93.6 cm³/mol.